The molecule has 1 aromatic carbocycles. The van der Waals surface area contributed by atoms with Crippen LogP contribution in [0.5, 0.6) is 0 Å². The van der Waals surface area contributed by atoms with Gasteiger partial charge in [0.25, 0.3) is 0 Å². The largest absolute Gasteiger partial charge is 0.444 e. The fraction of sp³-hybridized carbons (Fsp3) is 0.565. The summed E-state index contributed by atoms with van der Waals surface area (Å²) < 4.78 is 10.7. The minimum atomic E-state index is -0.508. The van der Waals surface area contributed by atoms with Crippen LogP contribution in [0.2, 0.25) is 0 Å². The van der Waals surface area contributed by atoms with Crippen molar-refractivity contribution in [1.82, 2.24) is 25.7 Å². The van der Waals surface area contributed by atoms with Gasteiger partial charge in [0.15, 0.2) is 11.8 Å². The second-order valence-electron chi connectivity index (χ2n) is 9.70. The van der Waals surface area contributed by atoms with Gasteiger partial charge in [0.1, 0.15) is 5.60 Å². The van der Waals surface area contributed by atoms with E-state index in [1.54, 1.807) is 19.0 Å². The number of guanidine groups is 1. The third-order valence-corrected chi connectivity index (χ3v) is 4.36. The van der Waals surface area contributed by atoms with Crippen molar-refractivity contribution in [3.8, 4) is 0 Å². The number of nitrogens with zero attached hydrogens (tertiary/aromatic N) is 4. The second kappa shape index (κ2) is 12.2. The average molecular weight is 572 g/mol. The Labute approximate surface area is 213 Å². The Bertz CT molecular complexity index is 914. The number of hydrogen-bond donors (Lipinski definition) is 2. The summed E-state index contributed by atoms with van der Waals surface area (Å²) in [5.41, 5.74) is 1.42. The Balaban J connectivity index is 0.00000544. The van der Waals surface area contributed by atoms with E-state index in [1.165, 1.54) is 0 Å². The van der Waals surface area contributed by atoms with E-state index in [0.717, 1.165) is 11.1 Å². The highest BCUT2D eigenvalue weighted by molar-refractivity contribution is 14.0. The van der Waals surface area contributed by atoms with Crippen LogP contribution in [0.1, 0.15) is 64.4 Å². The van der Waals surface area contributed by atoms with Crippen molar-refractivity contribution in [3.05, 3.63) is 47.1 Å². The number of ether oxygens (including phenoxy) is 1. The van der Waals surface area contributed by atoms with Crippen LogP contribution in [0.15, 0.2) is 33.8 Å². The van der Waals surface area contributed by atoms with E-state index in [1.807, 2.05) is 65.8 Å². The number of carbonyl (C=O) groups excluding carboxylic acids is 1. The minimum absolute atomic E-state index is 0. The molecule has 0 atom stereocenters. The summed E-state index contributed by atoms with van der Waals surface area (Å²) in [6.07, 6.45) is -0.339. The highest BCUT2D eigenvalue weighted by Crippen LogP contribution is 2.19. The van der Waals surface area contributed by atoms with E-state index in [0.29, 0.717) is 37.3 Å². The summed E-state index contributed by atoms with van der Waals surface area (Å²) in [4.78, 5) is 22.3. The highest BCUT2D eigenvalue weighted by atomic mass is 127. The van der Waals surface area contributed by atoms with E-state index in [4.69, 9.17) is 9.26 Å². The van der Waals surface area contributed by atoms with E-state index in [9.17, 15) is 4.79 Å². The van der Waals surface area contributed by atoms with Crippen LogP contribution in [-0.2, 0) is 29.8 Å². The molecule has 33 heavy (non-hydrogen) atoms. The monoisotopic (exact) mass is 572 g/mol. The molecule has 0 radical (unpaired) electrons. The van der Waals surface area contributed by atoms with Crippen LogP contribution in [0.3, 0.4) is 0 Å². The molecule has 0 fully saturated rings. The number of aliphatic imine (C=N–C) groups is 1. The van der Waals surface area contributed by atoms with Crippen molar-refractivity contribution in [2.75, 3.05) is 14.1 Å². The predicted octanol–water partition coefficient (Wildman–Crippen LogP) is 4.22. The molecule has 0 saturated heterocycles. The van der Waals surface area contributed by atoms with Crippen molar-refractivity contribution in [3.63, 3.8) is 0 Å². The van der Waals surface area contributed by atoms with E-state index >= 15 is 0 Å². The maximum absolute atomic E-state index is 12.1. The SMILES string of the molecule is CN=C(NCc1ccc(CN(C)C(=O)OC(C)(C)C)cc1)NCc1noc(C(C)(C)C)n1.I. The zero-order valence-corrected chi connectivity index (χ0v) is 23.2. The first-order chi connectivity index (χ1) is 14.9. The third-order valence-electron chi connectivity index (χ3n) is 4.36. The zero-order valence-electron chi connectivity index (χ0n) is 20.9. The molecule has 2 aromatic rings. The molecule has 0 aliphatic heterocycles. The maximum Gasteiger partial charge on any atom is 0.410 e. The van der Waals surface area contributed by atoms with Gasteiger partial charge in [-0.25, -0.2) is 4.79 Å². The molecule has 0 bridgehead atoms. The number of aromatic nitrogens is 2. The Kier molecular flexibility index (Phi) is 10.6. The molecular formula is C23H37IN6O3. The minimum Gasteiger partial charge on any atom is -0.444 e. The van der Waals surface area contributed by atoms with Gasteiger partial charge in [-0.05, 0) is 31.9 Å². The lowest BCUT2D eigenvalue weighted by atomic mass is 9.97. The summed E-state index contributed by atoms with van der Waals surface area (Å²) >= 11 is 0. The fourth-order valence-corrected chi connectivity index (χ4v) is 2.64. The van der Waals surface area contributed by atoms with E-state index < -0.39 is 5.60 Å². The summed E-state index contributed by atoms with van der Waals surface area (Å²) in [5, 5.41) is 10.5. The van der Waals surface area contributed by atoms with Gasteiger partial charge >= 0.3 is 6.09 Å². The third kappa shape index (κ3) is 9.97. The van der Waals surface area contributed by atoms with Gasteiger partial charge in [-0.2, -0.15) is 4.98 Å². The van der Waals surface area contributed by atoms with Crippen LogP contribution in [0, 0.1) is 0 Å². The lowest BCUT2D eigenvalue weighted by Gasteiger charge is -2.24. The molecule has 1 aromatic heterocycles. The number of carbonyl (C=O) groups is 1. The summed E-state index contributed by atoms with van der Waals surface area (Å²) in [7, 11) is 3.44. The van der Waals surface area contributed by atoms with E-state index in [2.05, 4.69) is 25.8 Å². The number of hydrogen-bond acceptors (Lipinski definition) is 6. The molecule has 1 heterocycles. The van der Waals surface area contributed by atoms with Crippen LogP contribution in [0.25, 0.3) is 0 Å². The molecule has 0 saturated carbocycles. The van der Waals surface area contributed by atoms with Gasteiger partial charge in [-0.3, -0.25) is 4.99 Å². The van der Waals surface area contributed by atoms with Crippen molar-refractivity contribution < 1.29 is 14.1 Å². The van der Waals surface area contributed by atoms with Gasteiger partial charge in [0.2, 0.25) is 5.89 Å². The topological polar surface area (TPSA) is 105 Å². The van der Waals surface area contributed by atoms with Crippen molar-refractivity contribution >= 4 is 36.0 Å². The quantitative estimate of drug-likeness (QED) is 0.304. The number of nitrogens with one attached hydrogen (secondary N) is 2. The highest BCUT2D eigenvalue weighted by Gasteiger charge is 2.22. The molecule has 2 N–H and O–H groups in total. The second-order valence-corrected chi connectivity index (χ2v) is 9.70. The van der Waals surface area contributed by atoms with Gasteiger partial charge in [0.05, 0.1) is 6.54 Å². The molecule has 0 aliphatic rings. The van der Waals surface area contributed by atoms with Crippen LogP contribution in [-0.4, -0.2) is 46.8 Å². The smallest absolute Gasteiger partial charge is 0.410 e. The Morgan fingerprint density at radius 3 is 2.15 bits per heavy atom. The summed E-state index contributed by atoms with van der Waals surface area (Å²) in [6, 6.07) is 8.05. The van der Waals surface area contributed by atoms with Crippen LogP contribution in [0.4, 0.5) is 4.79 Å². The van der Waals surface area contributed by atoms with Crippen LogP contribution < -0.4 is 10.6 Å². The normalized spacial score (nSPS) is 12.1. The molecule has 9 nitrogen and oxygen atoms in total. The van der Waals surface area contributed by atoms with E-state index in [-0.39, 0.29) is 35.5 Å². The van der Waals surface area contributed by atoms with Crippen molar-refractivity contribution in [2.45, 2.75) is 72.2 Å². The summed E-state index contributed by atoms with van der Waals surface area (Å²) in [5.74, 6) is 1.83. The first-order valence-electron chi connectivity index (χ1n) is 10.7. The van der Waals surface area contributed by atoms with Crippen LogP contribution >= 0.6 is 24.0 Å². The number of amides is 1. The molecule has 0 spiro atoms. The van der Waals surface area contributed by atoms with Gasteiger partial charge in [0, 0.05) is 32.6 Å². The lowest BCUT2D eigenvalue weighted by molar-refractivity contribution is 0.0285. The molecule has 0 unspecified atom stereocenters. The molecule has 1 amide bonds. The zero-order chi connectivity index (χ0) is 23.9. The van der Waals surface area contributed by atoms with Crippen molar-refractivity contribution in [1.29, 1.82) is 0 Å². The summed E-state index contributed by atoms with van der Waals surface area (Å²) in [6.45, 7) is 13.1. The van der Waals surface area contributed by atoms with Crippen molar-refractivity contribution in [2.24, 2.45) is 4.99 Å². The number of rotatable bonds is 6. The predicted molar refractivity (Wildman–Crippen MR) is 140 cm³/mol. The standard InChI is InChI=1S/C23H36N6O3.HI/c1-22(2,3)19-27-18(28-32-19)14-26-20(24-7)25-13-16-9-11-17(12-10-16)15-29(8)21(30)31-23(4,5)6;/h9-12H,13-15H2,1-8H3,(H2,24,25,26);1H. The Morgan fingerprint density at radius 1 is 1.06 bits per heavy atom. The maximum atomic E-state index is 12.1. The average Bonchev–Trinajstić information content (AvgIpc) is 3.17. The molecule has 184 valence electrons. The molecular weight excluding hydrogens is 535 g/mol. The lowest BCUT2D eigenvalue weighted by Crippen LogP contribution is -2.36. The first-order valence-corrected chi connectivity index (χ1v) is 10.7. The van der Waals surface area contributed by atoms with Gasteiger partial charge in [-0.1, -0.05) is 50.2 Å². The van der Waals surface area contributed by atoms with Gasteiger partial charge < -0.3 is 24.8 Å². The first kappa shape index (κ1) is 28.7. The molecule has 10 heteroatoms. The molecule has 0 aliphatic carbocycles. The Hall–Kier alpha value is -2.37. The fourth-order valence-electron chi connectivity index (χ4n) is 2.64. The van der Waals surface area contributed by atoms with Gasteiger partial charge in [-0.15, -0.1) is 24.0 Å². The number of benzene rings is 1. The Morgan fingerprint density at radius 2 is 1.64 bits per heavy atom. The molecule has 2 rings (SSSR count). The number of halogens is 1.